The number of nitrogens with one attached hydrogen (secondary N) is 1. The number of rotatable bonds is 7. The molecule has 7 heteroatoms. The van der Waals surface area contributed by atoms with Gasteiger partial charge in [0.05, 0.1) is 4.90 Å². The molecule has 0 spiro atoms. The van der Waals surface area contributed by atoms with Gasteiger partial charge in [-0.1, -0.05) is 0 Å². The maximum absolute atomic E-state index is 13.7. The molecule has 0 unspecified atom stereocenters. The molecule has 0 amide bonds. The molecular formula is C14H24FN3O2S. The van der Waals surface area contributed by atoms with E-state index in [2.05, 4.69) is 4.72 Å². The van der Waals surface area contributed by atoms with Gasteiger partial charge in [0.15, 0.2) is 0 Å². The molecule has 0 saturated carbocycles. The molecule has 0 aromatic heterocycles. The summed E-state index contributed by atoms with van der Waals surface area (Å²) >= 11 is 0. The second-order valence-corrected chi connectivity index (χ2v) is 7.16. The van der Waals surface area contributed by atoms with Crippen LogP contribution in [0.25, 0.3) is 0 Å². The number of sulfonamides is 1. The second-order valence-electron chi connectivity index (χ2n) is 5.39. The quantitative estimate of drug-likeness (QED) is 0.793. The Morgan fingerprint density at radius 3 is 2.52 bits per heavy atom. The minimum atomic E-state index is -3.65. The third-order valence-corrected chi connectivity index (χ3v) is 4.91. The zero-order chi connectivity index (χ0) is 16.2. The van der Waals surface area contributed by atoms with E-state index in [1.807, 2.05) is 25.8 Å². The molecule has 3 N–H and O–H groups in total. The van der Waals surface area contributed by atoms with Gasteiger partial charge in [0.1, 0.15) is 5.82 Å². The lowest BCUT2D eigenvalue weighted by Crippen LogP contribution is -2.36. The van der Waals surface area contributed by atoms with Crippen molar-refractivity contribution < 1.29 is 12.8 Å². The lowest BCUT2D eigenvalue weighted by Gasteiger charge is -2.21. The van der Waals surface area contributed by atoms with E-state index in [9.17, 15) is 12.8 Å². The van der Waals surface area contributed by atoms with Crippen LogP contribution in [0.1, 0.15) is 25.0 Å². The van der Waals surface area contributed by atoms with E-state index in [0.717, 1.165) is 0 Å². The summed E-state index contributed by atoms with van der Waals surface area (Å²) in [6.45, 7) is 6.45. The van der Waals surface area contributed by atoms with Crippen molar-refractivity contribution >= 4 is 10.0 Å². The number of benzene rings is 1. The Hall–Kier alpha value is -1.02. The summed E-state index contributed by atoms with van der Waals surface area (Å²) in [5, 5.41) is 0. The van der Waals surface area contributed by atoms with Crippen molar-refractivity contribution in [2.75, 3.05) is 20.1 Å². The molecule has 0 heterocycles. The highest BCUT2D eigenvalue weighted by atomic mass is 32.2. The first kappa shape index (κ1) is 18.0. The van der Waals surface area contributed by atoms with Crippen molar-refractivity contribution in [2.45, 2.75) is 38.3 Å². The first-order valence-corrected chi connectivity index (χ1v) is 8.36. The first-order chi connectivity index (χ1) is 9.69. The van der Waals surface area contributed by atoms with Gasteiger partial charge in [-0.25, -0.2) is 17.5 Å². The van der Waals surface area contributed by atoms with Crippen LogP contribution in [-0.2, 0) is 16.6 Å². The fourth-order valence-corrected chi connectivity index (χ4v) is 2.96. The summed E-state index contributed by atoms with van der Waals surface area (Å²) in [5.74, 6) is -0.448. The lowest BCUT2D eigenvalue weighted by atomic mass is 10.1. The monoisotopic (exact) mass is 317 g/mol. The standard InChI is InChI=1S/C14H24FN3O2S/c1-10(2)18(4)6-5-17-21(19,20)13-7-11(3)14(15)12(8-13)9-16/h7-8,10,17H,5-6,9,16H2,1-4H3. The van der Waals surface area contributed by atoms with E-state index in [1.54, 1.807) is 0 Å². The van der Waals surface area contributed by atoms with Gasteiger partial charge >= 0.3 is 0 Å². The van der Waals surface area contributed by atoms with Crippen LogP contribution < -0.4 is 10.5 Å². The average molecular weight is 317 g/mol. The maximum Gasteiger partial charge on any atom is 0.240 e. The van der Waals surface area contributed by atoms with Crippen LogP contribution in [0.4, 0.5) is 4.39 Å². The van der Waals surface area contributed by atoms with E-state index in [0.29, 0.717) is 19.1 Å². The zero-order valence-electron chi connectivity index (χ0n) is 13.0. The molecule has 1 aromatic carbocycles. The molecule has 0 aliphatic carbocycles. The Labute approximate surface area is 126 Å². The Kier molecular flexibility index (Phi) is 6.27. The number of aryl methyl sites for hydroxylation is 1. The van der Waals surface area contributed by atoms with Crippen LogP contribution in [0.3, 0.4) is 0 Å². The van der Waals surface area contributed by atoms with E-state index in [-0.39, 0.29) is 22.6 Å². The molecule has 5 nitrogen and oxygen atoms in total. The van der Waals surface area contributed by atoms with Gasteiger partial charge in [-0.15, -0.1) is 0 Å². The van der Waals surface area contributed by atoms with Crippen LogP contribution in [0.2, 0.25) is 0 Å². The number of hydrogen-bond donors (Lipinski definition) is 2. The molecule has 0 atom stereocenters. The summed E-state index contributed by atoms with van der Waals surface area (Å²) in [4.78, 5) is 2.08. The van der Waals surface area contributed by atoms with Gasteiger partial charge in [0.2, 0.25) is 10.0 Å². The molecule has 0 radical (unpaired) electrons. The minimum absolute atomic E-state index is 0.0356. The van der Waals surface area contributed by atoms with E-state index in [4.69, 9.17) is 5.73 Å². The first-order valence-electron chi connectivity index (χ1n) is 6.88. The highest BCUT2D eigenvalue weighted by Crippen LogP contribution is 2.18. The number of nitrogens with zero attached hydrogens (tertiary/aromatic N) is 1. The highest BCUT2D eigenvalue weighted by molar-refractivity contribution is 7.89. The molecule has 0 fully saturated rings. The second kappa shape index (κ2) is 7.31. The van der Waals surface area contributed by atoms with Crippen LogP contribution in [0, 0.1) is 12.7 Å². The number of halogens is 1. The minimum Gasteiger partial charge on any atom is -0.326 e. The smallest absolute Gasteiger partial charge is 0.240 e. The summed E-state index contributed by atoms with van der Waals surface area (Å²) in [6, 6.07) is 2.95. The largest absolute Gasteiger partial charge is 0.326 e. The third-order valence-electron chi connectivity index (χ3n) is 3.47. The summed E-state index contributed by atoms with van der Waals surface area (Å²) in [7, 11) is -1.73. The average Bonchev–Trinajstić information content (AvgIpc) is 2.41. The van der Waals surface area contributed by atoms with Crippen LogP contribution in [0.15, 0.2) is 17.0 Å². The van der Waals surface area contributed by atoms with Gasteiger partial charge < -0.3 is 10.6 Å². The fraction of sp³-hybridized carbons (Fsp3) is 0.571. The van der Waals surface area contributed by atoms with Gasteiger partial charge in [-0.3, -0.25) is 0 Å². The van der Waals surface area contributed by atoms with Gasteiger partial charge in [-0.05, 0) is 45.5 Å². The molecule has 0 aliphatic rings. The topological polar surface area (TPSA) is 75.4 Å². The normalized spacial score (nSPS) is 12.4. The predicted octanol–water partition coefficient (Wildman–Crippen LogP) is 1.21. The molecule has 0 bridgehead atoms. The van der Waals surface area contributed by atoms with Gasteiger partial charge in [0.25, 0.3) is 0 Å². The Morgan fingerprint density at radius 1 is 1.38 bits per heavy atom. The van der Waals surface area contributed by atoms with Crippen molar-refractivity contribution in [3.63, 3.8) is 0 Å². The number of hydrogen-bond acceptors (Lipinski definition) is 4. The van der Waals surface area contributed by atoms with Crippen molar-refractivity contribution in [2.24, 2.45) is 5.73 Å². The SMILES string of the molecule is Cc1cc(S(=O)(=O)NCCN(C)C(C)C)cc(CN)c1F. The maximum atomic E-state index is 13.7. The molecule has 120 valence electrons. The van der Waals surface area contributed by atoms with Crippen LogP contribution in [-0.4, -0.2) is 39.5 Å². The highest BCUT2D eigenvalue weighted by Gasteiger charge is 2.17. The zero-order valence-corrected chi connectivity index (χ0v) is 13.8. The molecule has 0 aliphatic heterocycles. The summed E-state index contributed by atoms with van der Waals surface area (Å²) in [6.07, 6.45) is 0. The molecule has 1 rings (SSSR count). The van der Waals surface area contributed by atoms with Crippen molar-refractivity contribution in [1.29, 1.82) is 0 Å². The van der Waals surface area contributed by atoms with Crippen molar-refractivity contribution in [3.05, 3.63) is 29.1 Å². The van der Waals surface area contributed by atoms with E-state index < -0.39 is 15.8 Å². The van der Waals surface area contributed by atoms with Crippen LogP contribution >= 0.6 is 0 Å². The number of nitrogens with two attached hydrogens (primary N) is 1. The van der Waals surface area contributed by atoms with Crippen molar-refractivity contribution in [1.82, 2.24) is 9.62 Å². The Bertz CT molecular complexity index is 588. The Balaban J connectivity index is 2.86. The molecule has 21 heavy (non-hydrogen) atoms. The Morgan fingerprint density at radius 2 is 2.00 bits per heavy atom. The lowest BCUT2D eigenvalue weighted by molar-refractivity contribution is 0.278. The van der Waals surface area contributed by atoms with Gasteiger partial charge in [0, 0.05) is 31.2 Å². The predicted molar refractivity (Wildman–Crippen MR) is 82.0 cm³/mol. The number of likely N-dealkylation sites (N-methyl/N-ethyl adjacent to an activating group) is 1. The summed E-state index contributed by atoms with van der Waals surface area (Å²) in [5.41, 5.74) is 5.92. The van der Waals surface area contributed by atoms with Crippen molar-refractivity contribution in [3.8, 4) is 0 Å². The van der Waals surface area contributed by atoms with Gasteiger partial charge in [-0.2, -0.15) is 0 Å². The van der Waals surface area contributed by atoms with Crippen LogP contribution in [0.5, 0.6) is 0 Å². The van der Waals surface area contributed by atoms with E-state index >= 15 is 0 Å². The molecular weight excluding hydrogens is 293 g/mol. The summed E-state index contributed by atoms with van der Waals surface area (Å²) < 4.78 is 40.7. The third kappa shape index (κ3) is 4.74. The fourth-order valence-electron chi connectivity index (χ4n) is 1.81. The van der Waals surface area contributed by atoms with E-state index in [1.165, 1.54) is 19.1 Å². The molecule has 1 aromatic rings. The molecule has 0 saturated heterocycles.